The fourth-order valence-corrected chi connectivity index (χ4v) is 5.46. The van der Waals surface area contributed by atoms with Gasteiger partial charge in [-0.05, 0) is 64.5 Å². The quantitative estimate of drug-likeness (QED) is 0.292. The first kappa shape index (κ1) is 27.8. The van der Waals surface area contributed by atoms with Crippen LogP contribution in [0.5, 0.6) is 0 Å². The molecule has 0 radical (unpaired) electrons. The summed E-state index contributed by atoms with van der Waals surface area (Å²) in [7, 11) is 0. The number of benzene rings is 2. The fourth-order valence-electron chi connectivity index (χ4n) is 4.68. The maximum atomic E-state index is 15.9. The highest BCUT2D eigenvalue weighted by Gasteiger charge is 2.59. The summed E-state index contributed by atoms with van der Waals surface area (Å²) in [5, 5.41) is 34.1. The molecule has 212 valence electrons. The molecule has 2 aromatic carbocycles. The van der Waals surface area contributed by atoms with Crippen LogP contribution in [-0.4, -0.2) is 36.2 Å². The topological polar surface area (TPSA) is 130 Å². The molecule has 0 saturated carbocycles. The normalized spacial score (nSPS) is 15.4. The first-order chi connectivity index (χ1) is 20.7. The second kappa shape index (κ2) is 10.8. The van der Waals surface area contributed by atoms with Crippen LogP contribution in [-0.2, 0) is 24.6 Å². The molecule has 1 aliphatic heterocycles. The largest absolute Gasteiger partial charge is 0.377 e. The Balaban J connectivity index is 1.17. The molecular formula is C30H18F3N7O2S. The van der Waals surface area contributed by atoms with Crippen molar-refractivity contribution in [3.63, 3.8) is 0 Å². The van der Waals surface area contributed by atoms with Crippen LogP contribution in [0.25, 0.3) is 11.4 Å². The number of pyridine rings is 1. The van der Waals surface area contributed by atoms with Gasteiger partial charge in [-0.15, -0.1) is 16.4 Å². The Bertz CT molecular complexity index is 1970. The molecule has 0 spiro atoms. The van der Waals surface area contributed by atoms with E-state index < -0.39 is 29.6 Å². The number of hydrogen-bond donors (Lipinski definition) is 2. The Hall–Kier alpha value is -5.37. The number of tetrazole rings is 1. The maximum absolute atomic E-state index is 15.9. The van der Waals surface area contributed by atoms with Crippen LogP contribution in [0.2, 0.25) is 0 Å². The first-order valence-corrected chi connectivity index (χ1v) is 13.5. The molecule has 1 unspecified atom stereocenters. The van der Waals surface area contributed by atoms with Crippen molar-refractivity contribution in [2.75, 3.05) is 0 Å². The number of nitrogens with zero attached hydrogens (tertiary/aromatic N) is 6. The van der Waals surface area contributed by atoms with Crippen molar-refractivity contribution in [1.29, 1.82) is 5.26 Å². The second-order valence-corrected chi connectivity index (χ2v) is 10.7. The zero-order chi connectivity index (χ0) is 30.2. The van der Waals surface area contributed by atoms with Crippen molar-refractivity contribution in [2.24, 2.45) is 0 Å². The minimum absolute atomic E-state index is 0.0434. The molecule has 6 rings (SSSR count). The predicted octanol–water partition coefficient (Wildman–Crippen LogP) is 4.13. The summed E-state index contributed by atoms with van der Waals surface area (Å²) < 4.78 is 46.8. The molecule has 9 nitrogen and oxygen atoms in total. The lowest BCUT2D eigenvalue weighted by Crippen LogP contribution is -2.49. The zero-order valence-corrected chi connectivity index (χ0v) is 22.7. The van der Waals surface area contributed by atoms with Gasteiger partial charge in [0.05, 0.1) is 27.9 Å². The fraction of sp³-hybridized carbons (Fsp3) is 0.133. The van der Waals surface area contributed by atoms with Crippen molar-refractivity contribution in [1.82, 2.24) is 30.5 Å². The van der Waals surface area contributed by atoms with Gasteiger partial charge in [0.1, 0.15) is 11.5 Å². The van der Waals surface area contributed by atoms with Crippen LogP contribution in [0, 0.1) is 29.0 Å². The Kier molecular flexibility index (Phi) is 6.98. The van der Waals surface area contributed by atoms with Crippen LogP contribution in [0.15, 0.2) is 72.9 Å². The molecule has 1 amide bonds. The molecule has 3 aromatic heterocycles. The summed E-state index contributed by atoms with van der Waals surface area (Å²) >= 11 is 1.16. The van der Waals surface area contributed by atoms with E-state index in [-0.39, 0.29) is 29.4 Å². The van der Waals surface area contributed by atoms with E-state index in [0.717, 1.165) is 52.0 Å². The third-order valence-electron chi connectivity index (χ3n) is 6.85. The Morgan fingerprint density at radius 1 is 1.12 bits per heavy atom. The van der Waals surface area contributed by atoms with Gasteiger partial charge in [0.25, 0.3) is 5.91 Å². The van der Waals surface area contributed by atoms with E-state index in [1.165, 1.54) is 6.07 Å². The number of nitrogens with one attached hydrogen (secondary N) is 1. The molecule has 0 saturated heterocycles. The van der Waals surface area contributed by atoms with Gasteiger partial charge >= 0.3 is 5.92 Å². The smallest absolute Gasteiger partial charge is 0.323 e. The van der Waals surface area contributed by atoms with Crippen LogP contribution in [0.3, 0.4) is 0 Å². The third-order valence-corrected chi connectivity index (χ3v) is 7.85. The maximum Gasteiger partial charge on any atom is 0.323 e. The van der Waals surface area contributed by atoms with E-state index in [2.05, 4.69) is 43.7 Å². The molecule has 4 heterocycles. The Morgan fingerprint density at radius 3 is 2.77 bits per heavy atom. The first-order valence-electron chi connectivity index (χ1n) is 12.7. The second-order valence-electron chi connectivity index (χ2n) is 9.63. The van der Waals surface area contributed by atoms with E-state index >= 15 is 8.78 Å². The number of amides is 1. The zero-order valence-electron chi connectivity index (χ0n) is 21.9. The number of alkyl halides is 2. The minimum atomic E-state index is -3.92. The molecule has 1 aliphatic rings. The van der Waals surface area contributed by atoms with Gasteiger partial charge < -0.3 is 10.4 Å². The van der Waals surface area contributed by atoms with E-state index in [0.29, 0.717) is 20.9 Å². The summed E-state index contributed by atoms with van der Waals surface area (Å²) in [6.07, 6.45) is 1.16. The number of nitriles is 1. The standard InChI is InChI=1S/C30H18F3N7O2S/c31-21-6-9-24-23(13-21)27-37-38-39-40(27)17-29(24,42)30(32,33)26-11-5-18(15-35-26)4-7-22-8-10-25(43-22)28(41)36-16-20-3-1-2-19(12-20)14-34/h1-3,5-6,8-13,15,42H,16-17H2,(H,36,41). The lowest BCUT2D eigenvalue weighted by Gasteiger charge is -2.39. The lowest BCUT2D eigenvalue weighted by molar-refractivity contribution is -0.207. The van der Waals surface area contributed by atoms with Crippen LogP contribution >= 0.6 is 11.3 Å². The van der Waals surface area contributed by atoms with E-state index in [4.69, 9.17) is 5.26 Å². The number of carbonyl (C=O) groups excluding carboxylic acids is 1. The molecule has 13 heteroatoms. The molecule has 1 atom stereocenters. The number of thiophene rings is 1. The number of aliphatic hydroxyl groups is 1. The van der Waals surface area contributed by atoms with Crippen LogP contribution < -0.4 is 5.32 Å². The molecule has 43 heavy (non-hydrogen) atoms. The lowest BCUT2D eigenvalue weighted by atomic mass is 9.80. The van der Waals surface area contributed by atoms with E-state index in [1.807, 2.05) is 0 Å². The van der Waals surface area contributed by atoms with Gasteiger partial charge in [0.2, 0.25) is 0 Å². The molecule has 2 N–H and O–H groups in total. The van der Waals surface area contributed by atoms with Gasteiger partial charge in [-0.25, -0.2) is 9.07 Å². The number of halogens is 3. The molecule has 5 aromatic rings. The molecule has 0 fully saturated rings. The van der Waals surface area contributed by atoms with Gasteiger partial charge in [-0.1, -0.05) is 30.0 Å². The Labute approximate surface area is 246 Å². The van der Waals surface area contributed by atoms with Crippen molar-refractivity contribution in [2.45, 2.75) is 24.6 Å². The summed E-state index contributed by atoms with van der Waals surface area (Å²) in [5.74, 6) is 0.891. The third kappa shape index (κ3) is 5.12. The summed E-state index contributed by atoms with van der Waals surface area (Å²) in [6, 6.07) is 17.8. The van der Waals surface area contributed by atoms with Crippen molar-refractivity contribution in [3.8, 4) is 29.3 Å². The summed E-state index contributed by atoms with van der Waals surface area (Å²) in [6.45, 7) is -0.421. The number of rotatable bonds is 5. The van der Waals surface area contributed by atoms with E-state index in [1.54, 1.807) is 36.4 Å². The minimum Gasteiger partial charge on any atom is -0.377 e. The van der Waals surface area contributed by atoms with Crippen molar-refractivity contribution >= 4 is 17.2 Å². The number of aromatic nitrogens is 5. The highest BCUT2D eigenvalue weighted by Crippen LogP contribution is 2.50. The van der Waals surface area contributed by atoms with Crippen LogP contribution in [0.4, 0.5) is 13.2 Å². The molecule has 0 bridgehead atoms. The van der Waals surface area contributed by atoms with Gasteiger partial charge in [-0.3, -0.25) is 9.78 Å². The monoisotopic (exact) mass is 597 g/mol. The van der Waals surface area contributed by atoms with Crippen LogP contribution in [0.1, 0.15) is 42.5 Å². The number of carbonyl (C=O) groups is 1. The average molecular weight is 598 g/mol. The summed E-state index contributed by atoms with van der Waals surface area (Å²) in [4.78, 5) is 17.4. The van der Waals surface area contributed by atoms with Gasteiger partial charge in [0, 0.05) is 29.4 Å². The average Bonchev–Trinajstić information content (AvgIpc) is 3.69. The molecule has 0 aliphatic carbocycles. The van der Waals surface area contributed by atoms with Gasteiger partial charge in [0.15, 0.2) is 11.4 Å². The van der Waals surface area contributed by atoms with Crippen molar-refractivity contribution in [3.05, 3.63) is 116 Å². The van der Waals surface area contributed by atoms with Crippen molar-refractivity contribution < 1.29 is 23.1 Å². The number of hydrogen-bond acceptors (Lipinski definition) is 8. The Morgan fingerprint density at radius 2 is 1.98 bits per heavy atom. The highest BCUT2D eigenvalue weighted by atomic mass is 32.1. The van der Waals surface area contributed by atoms with E-state index in [9.17, 15) is 14.3 Å². The highest BCUT2D eigenvalue weighted by molar-refractivity contribution is 7.14. The predicted molar refractivity (Wildman–Crippen MR) is 148 cm³/mol. The summed E-state index contributed by atoms with van der Waals surface area (Å²) in [5.41, 5.74) is -2.18. The molecular weight excluding hydrogens is 579 g/mol. The SMILES string of the molecule is N#Cc1cccc(CNC(=O)c2ccc(C#Cc3ccc(C(F)(F)C4(O)Cn5nnnc5-c5cc(F)ccc54)nc3)s2)c1. The number of fused-ring (bicyclic) bond motifs is 3. The van der Waals surface area contributed by atoms with Gasteiger partial charge in [-0.2, -0.15) is 14.0 Å².